The highest BCUT2D eigenvalue weighted by Gasteiger charge is 2.47. The number of carbonyl (C=O) groups excluding carboxylic acids is 2. The number of carbonyl (C=O) groups is 2. The fourth-order valence-corrected chi connectivity index (χ4v) is 2.32. The summed E-state index contributed by atoms with van der Waals surface area (Å²) in [4.78, 5) is 25.3. The zero-order valence-corrected chi connectivity index (χ0v) is 12.1. The third-order valence-electron chi connectivity index (χ3n) is 3.35. The first-order valence-electron chi connectivity index (χ1n) is 6.37. The second-order valence-corrected chi connectivity index (χ2v) is 5.04. The lowest BCUT2D eigenvalue weighted by Gasteiger charge is -2.20. The van der Waals surface area contributed by atoms with Crippen molar-refractivity contribution in [2.45, 2.75) is 19.0 Å². The van der Waals surface area contributed by atoms with Crippen molar-refractivity contribution in [1.82, 2.24) is 10.2 Å². The Morgan fingerprint density at radius 3 is 2.67 bits per heavy atom. The number of imide groups is 1. The van der Waals surface area contributed by atoms with E-state index in [4.69, 9.17) is 9.47 Å². The Morgan fingerprint density at radius 2 is 2.05 bits per heavy atom. The van der Waals surface area contributed by atoms with E-state index in [1.54, 1.807) is 6.92 Å². The van der Waals surface area contributed by atoms with Crippen molar-refractivity contribution in [2.24, 2.45) is 0 Å². The summed E-state index contributed by atoms with van der Waals surface area (Å²) in [5.74, 6) is -0.462. The third-order valence-corrected chi connectivity index (χ3v) is 3.35. The number of methoxy groups -OCH3 is 2. The van der Waals surface area contributed by atoms with E-state index < -0.39 is 23.3 Å². The van der Waals surface area contributed by atoms with Crippen molar-refractivity contribution in [2.75, 3.05) is 20.8 Å². The summed E-state index contributed by atoms with van der Waals surface area (Å²) in [6, 6.07) is 3.41. The summed E-state index contributed by atoms with van der Waals surface area (Å²) >= 11 is 0. The number of nitrogens with one attached hydrogen (secondary N) is 1. The van der Waals surface area contributed by atoms with Crippen LogP contribution in [0.1, 0.15) is 12.5 Å². The van der Waals surface area contributed by atoms with Crippen molar-refractivity contribution in [3.63, 3.8) is 0 Å². The minimum atomic E-state index is -1.10. The number of halogens is 1. The van der Waals surface area contributed by atoms with Crippen LogP contribution < -0.4 is 10.1 Å². The van der Waals surface area contributed by atoms with Gasteiger partial charge in [-0.1, -0.05) is 0 Å². The molecule has 1 fully saturated rings. The molecule has 0 saturated carbocycles. The summed E-state index contributed by atoms with van der Waals surface area (Å²) < 4.78 is 23.4. The highest BCUT2D eigenvalue weighted by Crippen LogP contribution is 2.25. The summed E-state index contributed by atoms with van der Waals surface area (Å²) in [5, 5.41) is 2.58. The number of rotatable bonds is 5. The zero-order valence-electron chi connectivity index (χ0n) is 12.1. The normalized spacial score (nSPS) is 21.6. The van der Waals surface area contributed by atoms with E-state index in [0.29, 0.717) is 11.3 Å². The molecule has 6 nitrogen and oxygen atoms in total. The van der Waals surface area contributed by atoms with E-state index in [2.05, 4.69) is 5.32 Å². The molecule has 21 heavy (non-hydrogen) atoms. The first-order chi connectivity index (χ1) is 9.91. The molecule has 1 N–H and O–H groups in total. The molecule has 0 aromatic heterocycles. The van der Waals surface area contributed by atoms with Gasteiger partial charge in [-0.05, 0) is 25.1 Å². The number of amides is 3. The van der Waals surface area contributed by atoms with Crippen LogP contribution in [-0.2, 0) is 16.1 Å². The number of nitrogens with zero attached hydrogens (tertiary/aromatic N) is 1. The molecular formula is C14H17FN2O4. The van der Waals surface area contributed by atoms with Crippen molar-refractivity contribution < 1.29 is 23.5 Å². The average Bonchev–Trinajstić information content (AvgIpc) is 2.63. The monoisotopic (exact) mass is 296 g/mol. The van der Waals surface area contributed by atoms with Crippen LogP contribution in [0.2, 0.25) is 0 Å². The van der Waals surface area contributed by atoms with Crippen LogP contribution in [0.3, 0.4) is 0 Å². The van der Waals surface area contributed by atoms with E-state index in [9.17, 15) is 14.0 Å². The van der Waals surface area contributed by atoms with Crippen LogP contribution in [0, 0.1) is 5.82 Å². The number of ether oxygens (including phenoxy) is 2. The maximum atomic E-state index is 13.3. The Labute approximate surface area is 121 Å². The van der Waals surface area contributed by atoms with Gasteiger partial charge in [-0.2, -0.15) is 0 Å². The van der Waals surface area contributed by atoms with Crippen LogP contribution >= 0.6 is 0 Å². The molecule has 1 aliphatic heterocycles. The van der Waals surface area contributed by atoms with E-state index >= 15 is 0 Å². The van der Waals surface area contributed by atoms with Crippen LogP contribution in [0.25, 0.3) is 0 Å². The fraction of sp³-hybridized carbons (Fsp3) is 0.429. The fourth-order valence-electron chi connectivity index (χ4n) is 2.32. The summed E-state index contributed by atoms with van der Waals surface area (Å²) in [6.45, 7) is 1.58. The molecule has 1 aromatic carbocycles. The van der Waals surface area contributed by atoms with E-state index in [-0.39, 0.29) is 13.2 Å². The highest BCUT2D eigenvalue weighted by atomic mass is 19.1. The summed E-state index contributed by atoms with van der Waals surface area (Å²) in [5.41, 5.74) is -0.686. The number of hydrogen-bond donors (Lipinski definition) is 1. The van der Waals surface area contributed by atoms with Gasteiger partial charge in [-0.15, -0.1) is 0 Å². The van der Waals surface area contributed by atoms with Gasteiger partial charge < -0.3 is 14.8 Å². The Bertz CT molecular complexity index is 578. The van der Waals surface area contributed by atoms with Crippen molar-refractivity contribution in [3.8, 4) is 5.75 Å². The molecule has 3 amide bonds. The molecule has 114 valence electrons. The third kappa shape index (κ3) is 2.82. The molecular weight excluding hydrogens is 279 g/mol. The van der Waals surface area contributed by atoms with E-state index in [1.165, 1.54) is 32.4 Å². The summed E-state index contributed by atoms with van der Waals surface area (Å²) in [7, 11) is 2.89. The van der Waals surface area contributed by atoms with Gasteiger partial charge >= 0.3 is 6.03 Å². The summed E-state index contributed by atoms with van der Waals surface area (Å²) in [6.07, 6.45) is 0. The SMILES string of the molecule is COC[C@]1(C)NC(=O)N(Cc2cc(F)ccc2OC)C1=O. The maximum absolute atomic E-state index is 13.3. The molecule has 0 spiro atoms. The van der Waals surface area contributed by atoms with Crippen LogP contribution in [0.15, 0.2) is 18.2 Å². The van der Waals surface area contributed by atoms with Gasteiger partial charge in [0, 0.05) is 12.7 Å². The molecule has 7 heteroatoms. The molecule has 0 aliphatic carbocycles. The van der Waals surface area contributed by atoms with Crippen molar-refractivity contribution in [1.29, 1.82) is 0 Å². The number of hydrogen-bond acceptors (Lipinski definition) is 4. The Kier molecular flexibility index (Phi) is 4.13. The topological polar surface area (TPSA) is 67.9 Å². The van der Waals surface area contributed by atoms with Crippen LogP contribution in [-0.4, -0.2) is 43.2 Å². The highest BCUT2D eigenvalue weighted by molar-refractivity contribution is 6.06. The quantitative estimate of drug-likeness (QED) is 0.831. The number of benzene rings is 1. The van der Waals surface area contributed by atoms with Gasteiger partial charge in [0.1, 0.15) is 17.1 Å². The van der Waals surface area contributed by atoms with Crippen LogP contribution in [0.5, 0.6) is 5.75 Å². The second kappa shape index (κ2) is 5.69. The lowest BCUT2D eigenvalue weighted by Crippen LogP contribution is -2.47. The molecule has 0 unspecified atom stereocenters. The van der Waals surface area contributed by atoms with E-state index in [1.807, 2.05) is 0 Å². The average molecular weight is 296 g/mol. The zero-order chi connectivity index (χ0) is 15.6. The Morgan fingerprint density at radius 1 is 1.33 bits per heavy atom. The van der Waals surface area contributed by atoms with E-state index in [0.717, 1.165) is 4.90 Å². The Balaban J connectivity index is 2.26. The Hall–Kier alpha value is -2.15. The minimum Gasteiger partial charge on any atom is -0.496 e. The molecule has 0 bridgehead atoms. The standard InChI is InChI=1S/C14H17FN2O4/c1-14(8-20-2)12(18)17(13(19)16-14)7-9-6-10(15)4-5-11(9)21-3/h4-6H,7-8H2,1-3H3,(H,16,19)/t14-/m0/s1. The molecule has 1 saturated heterocycles. The van der Waals surface area contributed by atoms with Gasteiger partial charge in [0.2, 0.25) is 0 Å². The molecule has 1 atom stereocenters. The molecule has 1 aliphatic rings. The first-order valence-corrected chi connectivity index (χ1v) is 6.37. The van der Waals surface area contributed by atoms with Crippen LogP contribution in [0.4, 0.5) is 9.18 Å². The van der Waals surface area contributed by atoms with Gasteiger partial charge in [-0.25, -0.2) is 9.18 Å². The number of urea groups is 1. The minimum absolute atomic E-state index is 0.0638. The smallest absolute Gasteiger partial charge is 0.325 e. The molecule has 2 rings (SSSR count). The predicted molar refractivity (Wildman–Crippen MR) is 72.3 cm³/mol. The van der Waals surface area contributed by atoms with Gasteiger partial charge in [0.15, 0.2) is 0 Å². The molecule has 1 heterocycles. The largest absolute Gasteiger partial charge is 0.496 e. The lowest BCUT2D eigenvalue weighted by atomic mass is 10.0. The van der Waals surface area contributed by atoms with Gasteiger partial charge in [-0.3, -0.25) is 9.69 Å². The first kappa shape index (κ1) is 15.2. The second-order valence-electron chi connectivity index (χ2n) is 5.04. The van der Waals surface area contributed by atoms with Gasteiger partial charge in [0.05, 0.1) is 20.3 Å². The maximum Gasteiger partial charge on any atom is 0.325 e. The van der Waals surface area contributed by atoms with Crippen molar-refractivity contribution >= 4 is 11.9 Å². The lowest BCUT2D eigenvalue weighted by molar-refractivity contribution is -0.132. The van der Waals surface area contributed by atoms with Gasteiger partial charge in [0.25, 0.3) is 5.91 Å². The van der Waals surface area contributed by atoms with Crippen molar-refractivity contribution in [3.05, 3.63) is 29.6 Å². The predicted octanol–water partition coefficient (Wildman–Crippen LogP) is 1.29. The molecule has 1 aromatic rings. The molecule has 0 radical (unpaired) electrons.